The first kappa shape index (κ1) is 14.7. The van der Waals surface area contributed by atoms with Crippen molar-refractivity contribution in [3.05, 3.63) is 49.3 Å². The largest absolute Gasteiger partial charge is 0.437 e. The van der Waals surface area contributed by atoms with Crippen LogP contribution in [0, 0.1) is 24.0 Å². The van der Waals surface area contributed by atoms with Crippen LogP contribution in [0.1, 0.15) is 11.1 Å². The van der Waals surface area contributed by atoms with Crippen LogP contribution in [-0.4, -0.2) is 14.9 Å². The zero-order chi connectivity index (χ0) is 14.9. The van der Waals surface area contributed by atoms with Gasteiger partial charge in [-0.25, -0.2) is 4.98 Å². The Morgan fingerprint density at radius 3 is 2.70 bits per heavy atom. The molecule has 1 aromatic heterocycles. The van der Waals surface area contributed by atoms with Crippen LogP contribution >= 0.6 is 27.5 Å². The highest BCUT2D eigenvalue weighted by atomic mass is 79.9. The van der Waals surface area contributed by atoms with Crippen LogP contribution in [-0.2, 0) is 0 Å². The number of benzene rings is 1. The summed E-state index contributed by atoms with van der Waals surface area (Å²) in [4.78, 5) is 18.2. The monoisotopic (exact) mass is 357 g/mol. The Labute approximate surface area is 128 Å². The van der Waals surface area contributed by atoms with Crippen LogP contribution in [0.3, 0.4) is 0 Å². The number of aromatic nitrogens is 2. The van der Waals surface area contributed by atoms with Crippen molar-refractivity contribution in [3.63, 3.8) is 0 Å². The minimum atomic E-state index is -0.427. The molecule has 1 heterocycles. The Hall–Kier alpha value is -1.73. The van der Waals surface area contributed by atoms with Crippen molar-refractivity contribution in [1.29, 1.82) is 0 Å². The maximum Gasteiger partial charge on any atom is 0.272 e. The number of hydrogen-bond donors (Lipinski definition) is 0. The molecule has 0 aliphatic rings. The van der Waals surface area contributed by atoms with E-state index in [1.54, 1.807) is 19.9 Å². The normalized spacial score (nSPS) is 10.4. The highest BCUT2D eigenvalue weighted by molar-refractivity contribution is 9.10. The van der Waals surface area contributed by atoms with E-state index < -0.39 is 4.92 Å². The fourth-order valence-electron chi connectivity index (χ4n) is 1.59. The molecular weight excluding hydrogens is 350 g/mol. The molecule has 8 heteroatoms. The zero-order valence-corrected chi connectivity index (χ0v) is 12.9. The molecule has 0 aliphatic heterocycles. The molecule has 0 amide bonds. The van der Waals surface area contributed by atoms with Gasteiger partial charge < -0.3 is 4.74 Å². The van der Waals surface area contributed by atoms with Crippen molar-refractivity contribution in [2.45, 2.75) is 13.8 Å². The lowest BCUT2D eigenvalue weighted by atomic mass is 10.1. The first-order chi connectivity index (χ1) is 9.38. The average molecular weight is 359 g/mol. The maximum atomic E-state index is 10.9. The Balaban J connectivity index is 2.42. The van der Waals surface area contributed by atoms with Gasteiger partial charge in [0.05, 0.1) is 9.40 Å². The van der Waals surface area contributed by atoms with E-state index in [4.69, 9.17) is 16.3 Å². The number of rotatable bonds is 3. The van der Waals surface area contributed by atoms with Gasteiger partial charge in [0, 0.05) is 17.8 Å². The third-order valence-corrected chi connectivity index (χ3v) is 3.31. The van der Waals surface area contributed by atoms with Crippen molar-refractivity contribution in [2.24, 2.45) is 0 Å². The van der Waals surface area contributed by atoms with Crippen molar-refractivity contribution >= 4 is 33.2 Å². The van der Waals surface area contributed by atoms with Gasteiger partial charge in [0.1, 0.15) is 5.75 Å². The lowest BCUT2D eigenvalue weighted by Crippen LogP contribution is -1.97. The second-order valence-corrected chi connectivity index (χ2v) is 5.25. The number of nitrogens with zero attached hydrogens (tertiary/aromatic N) is 3. The van der Waals surface area contributed by atoms with E-state index in [2.05, 4.69) is 25.9 Å². The molecule has 0 saturated carbocycles. The smallest absolute Gasteiger partial charge is 0.272 e. The molecule has 0 N–H and O–H groups in total. The fraction of sp³-hybridized carbons (Fsp3) is 0.167. The van der Waals surface area contributed by atoms with Gasteiger partial charge in [0.15, 0.2) is 0 Å². The van der Waals surface area contributed by atoms with Gasteiger partial charge in [0.2, 0.25) is 11.2 Å². The molecule has 104 valence electrons. The summed E-state index contributed by atoms with van der Waals surface area (Å²) < 4.78 is 6.17. The van der Waals surface area contributed by atoms with Gasteiger partial charge in [-0.3, -0.25) is 10.1 Å². The highest BCUT2D eigenvalue weighted by Crippen LogP contribution is 2.33. The van der Waals surface area contributed by atoms with Gasteiger partial charge in [-0.15, -0.1) is 0 Å². The third kappa shape index (κ3) is 3.05. The van der Waals surface area contributed by atoms with Gasteiger partial charge in [-0.1, -0.05) is 0 Å². The quantitative estimate of drug-likeness (QED) is 0.466. The predicted octanol–water partition coefficient (Wildman–Crippen LogP) is 4.21. The first-order valence-corrected chi connectivity index (χ1v) is 6.67. The Morgan fingerprint density at radius 1 is 1.35 bits per heavy atom. The molecule has 0 saturated heterocycles. The van der Waals surface area contributed by atoms with Crippen molar-refractivity contribution in [2.75, 3.05) is 0 Å². The molecule has 2 aromatic rings. The lowest BCUT2D eigenvalue weighted by Gasteiger charge is -2.10. The molecule has 0 radical (unpaired) electrons. The van der Waals surface area contributed by atoms with E-state index in [0.717, 1.165) is 0 Å². The number of halogens is 2. The molecule has 0 bridgehead atoms. The van der Waals surface area contributed by atoms with E-state index in [9.17, 15) is 10.1 Å². The van der Waals surface area contributed by atoms with E-state index >= 15 is 0 Å². The van der Waals surface area contributed by atoms with Crippen LogP contribution in [0.2, 0.25) is 5.28 Å². The Kier molecular flexibility index (Phi) is 4.20. The third-order valence-electron chi connectivity index (χ3n) is 2.58. The van der Waals surface area contributed by atoms with Crippen LogP contribution < -0.4 is 4.74 Å². The maximum absolute atomic E-state index is 10.9. The van der Waals surface area contributed by atoms with Crippen LogP contribution in [0.5, 0.6) is 11.6 Å². The summed E-state index contributed by atoms with van der Waals surface area (Å²) >= 11 is 8.96. The lowest BCUT2D eigenvalue weighted by molar-refractivity contribution is -0.385. The molecule has 0 fully saturated rings. The molecular formula is C12H9BrClN3O3. The first-order valence-electron chi connectivity index (χ1n) is 5.50. The van der Waals surface area contributed by atoms with E-state index in [-0.39, 0.29) is 16.9 Å². The number of aryl methyl sites for hydroxylation is 2. The SMILES string of the molecule is Cc1cc([N+](=O)[O-])c(C)cc1Oc1nc(Cl)ncc1Br. The predicted molar refractivity (Wildman–Crippen MR) is 77.4 cm³/mol. The Morgan fingerprint density at radius 2 is 2.05 bits per heavy atom. The van der Waals surface area contributed by atoms with Crippen molar-refractivity contribution < 1.29 is 9.66 Å². The molecule has 6 nitrogen and oxygen atoms in total. The molecule has 20 heavy (non-hydrogen) atoms. The number of nitro groups is 1. The second-order valence-electron chi connectivity index (χ2n) is 4.06. The standard InChI is InChI=1S/C12H9BrClN3O3/c1-6-4-10(7(2)3-9(6)17(18)19)20-11-8(13)5-15-12(14)16-11/h3-5H,1-2H3. The minimum Gasteiger partial charge on any atom is -0.437 e. The van der Waals surface area contributed by atoms with Crippen LogP contribution in [0.4, 0.5) is 5.69 Å². The summed E-state index contributed by atoms with van der Waals surface area (Å²) in [6.45, 7) is 3.37. The van der Waals surface area contributed by atoms with Gasteiger partial charge in [-0.05, 0) is 53.0 Å². The summed E-state index contributed by atoms with van der Waals surface area (Å²) in [6.07, 6.45) is 1.47. The van der Waals surface area contributed by atoms with Crippen LogP contribution in [0.25, 0.3) is 0 Å². The van der Waals surface area contributed by atoms with Gasteiger partial charge >= 0.3 is 0 Å². The fourth-order valence-corrected chi connectivity index (χ4v) is 1.99. The summed E-state index contributed by atoms with van der Waals surface area (Å²) in [5.41, 5.74) is 1.19. The van der Waals surface area contributed by atoms with E-state index in [1.165, 1.54) is 12.3 Å². The number of ether oxygens (including phenoxy) is 1. The van der Waals surface area contributed by atoms with Gasteiger partial charge in [-0.2, -0.15) is 4.98 Å². The van der Waals surface area contributed by atoms with Crippen molar-refractivity contribution in [3.8, 4) is 11.6 Å². The number of nitro benzene ring substituents is 1. The second kappa shape index (κ2) is 5.72. The summed E-state index contributed by atoms with van der Waals surface area (Å²) in [6, 6.07) is 3.05. The van der Waals surface area contributed by atoms with E-state index in [0.29, 0.717) is 21.3 Å². The molecule has 1 aromatic carbocycles. The molecule has 2 rings (SSSR count). The zero-order valence-electron chi connectivity index (χ0n) is 10.6. The van der Waals surface area contributed by atoms with Crippen molar-refractivity contribution in [1.82, 2.24) is 9.97 Å². The molecule has 0 atom stereocenters. The highest BCUT2D eigenvalue weighted by Gasteiger charge is 2.16. The number of hydrogen-bond acceptors (Lipinski definition) is 5. The molecule has 0 spiro atoms. The van der Waals surface area contributed by atoms with Crippen LogP contribution in [0.15, 0.2) is 22.8 Å². The van der Waals surface area contributed by atoms with Gasteiger partial charge in [0.25, 0.3) is 5.69 Å². The van der Waals surface area contributed by atoms with E-state index in [1.807, 2.05) is 0 Å². The average Bonchev–Trinajstić information content (AvgIpc) is 2.37. The summed E-state index contributed by atoms with van der Waals surface area (Å²) in [7, 11) is 0. The Bertz CT molecular complexity index is 694. The minimum absolute atomic E-state index is 0.0506. The molecule has 0 unspecified atom stereocenters. The summed E-state index contributed by atoms with van der Waals surface area (Å²) in [5.74, 6) is 0.727. The topological polar surface area (TPSA) is 78.2 Å². The summed E-state index contributed by atoms with van der Waals surface area (Å²) in [5, 5.41) is 10.9. The molecule has 0 aliphatic carbocycles.